The van der Waals surface area contributed by atoms with E-state index < -0.39 is 10.1 Å². The number of aromatic nitrogens is 1. The minimum atomic E-state index is -4.34. The zero-order valence-corrected chi connectivity index (χ0v) is 10.9. The summed E-state index contributed by atoms with van der Waals surface area (Å²) < 4.78 is 31.7. The number of rotatable bonds is 3. The molecule has 0 radical (unpaired) electrons. The molecule has 0 atom stereocenters. The van der Waals surface area contributed by atoms with Crippen LogP contribution in [0.5, 0.6) is 0 Å². The second-order valence-electron chi connectivity index (χ2n) is 3.96. The summed E-state index contributed by atoms with van der Waals surface area (Å²) in [6, 6.07) is 9.05. The molecule has 5 nitrogen and oxygen atoms in total. The molecule has 0 saturated heterocycles. The van der Waals surface area contributed by atoms with Crippen LogP contribution in [-0.4, -0.2) is 23.7 Å². The number of Topliss-reactive ketones (excluding diaryl/α,β-unsaturated/α-hetero) is 1. The van der Waals surface area contributed by atoms with Gasteiger partial charge in [-0.2, -0.15) is 8.42 Å². The maximum atomic E-state index is 11.3. The van der Waals surface area contributed by atoms with Crippen molar-refractivity contribution in [3.63, 3.8) is 0 Å². The molecular weight excluding hydrogens is 266 g/mol. The standard InChI is InChI=1S/C13H11NO4S/c1-9(15)10-4-6-11(7-5-10)13-12(19(16,17)18)3-2-8-14-13/h2-8H,1H3,(H,16,17,18). The van der Waals surface area contributed by atoms with Crippen molar-refractivity contribution in [2.24, 2.45) is 0 Å². The van der Waals surface area contributed by atoms with Crippen LogP contribution >= 0.6 is 0 Å². The first-order valence-corrected chi connectivity index (χ1v) is 6.87. The first-order chi connectivity index (χ1) is 8.89. The summed E-state index contributed by atoms with van der Waals surface area (Å²) in [4.78, 5) is 14.9. The Hall–Kier alpha value is -2.05. The molecule has 0 bridgehead atoms. The van der Waals surface area contributed by atoms with Crippen LogP contribution in [0.2, 0.25) is 0 Å². The summed E-state index contributed by atoms with van der Waals surface area (Å²) in [5, 5.41) is 0. The maximum absolute atomic E-state index is 11.3. The Balaban J connectivity index is 2.57. The van der Waals surface area contributed by atoms with E-state index in [2.05, 4.69) is 4.98 Å². The zero-order chi connectivity index (χ0) is 14.0. The average Bonchev–Trinajstić information content (AvgIpc) is 2.38. The first kappa shape index (κ1) is 13.4. The van der Waals surface area contributed by atoms with Crippen molar-refractivity contribution < 1.29 is 17.8 Å². The molecule has 2 rings (SSSR count). The minimum Gasteiger partial charge on any atom is -0.295 e. The molecule has 0 aliphatic rings. The van der Waals surface area contributed by atoms with Gasteiger partial charge in [0.05, 0.1) is 5.69 Å². The summed E-state index contributed by atoms with van der Waals surface area (Å²) >= 11 is 0. The van der Waals surface area contributed by atoms with Gasteiger partial charge >= 0.3 is 0 Å². The van der Waals surface area contributed by atoms with E-state index in [9.17, 15) is 13.2 Å². The molecule has 19 heavy (non-hydrogen) atoms. The Morgan fingerprint density at radius 1 is 1.16 bits per heavy atom. The van der Waals surface area contributed by atoms with E-state index >= 15 is 0 Å². The number of nitrogens with zero attached hydrogens (tertiary/aromatic N) is 1. The van der Waals surface area contributed by atoms with Gasteiger partial charge in [0.2, 0.25) is 0 Å². The monoisotopic (exact) mass is 277 g/mol. The largest absolute Gasteiger partial charge is 0.296 e. The van der Waals surface area contributed by atoms with Crippen LogP contribution in [-0.2, 0) is 10.1 Å². The van der Waals surface area contributed by atoms with Gasteiger partial charge in [-0.25, -0.2) is 0 Å². The van der Waals surface area contributed by atoms with Gasteiger partial charge < -0.3 is 0 Å². The van der Waals surface area contributed by atoms with Gasteiger partial charge in [-0.15, -0.1) is 0 Å². The number of benzene rings is 1. The van der Waals surface area contributed by atoms with Crippen molar-refractivity contribution in [2.75, 3.05) is 0 Å². The number of hydrogen-bond acceptors (Lipinski definition) is 4. The molecule has 0 saturated carbocycles. The van der Waals surface area contributed by atoms with Crippen molar-refractivity contribution in [1.29, 1.82) is 0 Å². The molecule has 98 valence electrons. The Labute approximate surface area is 110 Å². The number of hydrogen-bond donors (Lipinski definition) is 1. The highest BCUT2D eigenvalue weighted by Crippen LogP contribution is 2.25. The van der Waals surface area contributed by atoms with E-state index in [1.165, 1.54) is 25.3 Å². The lowest BCUT2D eigenvalue weighted by Gasteiger charge is -2.06. The van der Waals surface area contributed by atoms with Crippen LogP contribution in [0.25, 0.3) is 11.3 Å². The molecular formula is C13H11NO4S. The molecule has 0 fully saturated rings. The van der Waals surface area contributed by atoms with Gasteiger partial charge in [0.1, 0.15) is 4.90 Å². The third kappa shape index (κ3) is 2.86. The SMILES string of the molecule is CC(=O)c1ccc(-c2ncccc2S(=O)(=O)O)cc1. The van der Waals surface area contributed by atoms with Crippen molar-refractivity contribution in [1.82, 2.24) is 4.98 Å². The quantitative estimate of drug-likeness (QED) is 0.686. The molecule has 1 aromatic carbocycles. The Bertz CT molecular complexity index is 721. The third-order valence-electron chi connectivity index (χ3n) is 2.61. The normalized spacial score (nSPS) is 11.3. The van der Waals surface area contributed by atoms with E-state index in [0.29, 0.717) is 11.1 Å². The topological polar surface area (TPSA) is 84.3 Å². The van der Waals surface area contributed by atoms with Crippen molar-refractivity contribution in [3.05, 3.63) is 48.2 Å². The molecule has 0 aliphatic heterocycles. The second-order valence-corrected chi connectivity index (χ2v) is 5.35. The molecule has 1 N–H and O–H groups in total. The van der Waals surface area contributed by atoms with E-state index in [1.807, 2.05) is 0 Å². The minimum absolute atomic E-state index is 0.0809. The molecule has 0 amide bonds. The predicted molar refractivity (Wildman–Crippen MR) is 69.5 cm³/mol. The summed E-state index contributed by atoms with van der Waals surface area (Å²) in [7, 11) is -4.34. The number of carbonyl (C=O) groups excluding carboxylic acids is 1. The Morgan fingerprint density at radius 2 is 1.79 bits per heavy atom. The number of ketones is 1. The lowest BCUT2D eigenvalue weighted by atomic mass is 10.1. The fourth-order valence-electron chi connectivity index (χ4n) is 1.68. The van der Waals surface area contributed by atoms with Gasteiger partial charge in [0.25, 0.3) is 10.1 Å². The highest BCUT2D eigenvalue weighted by molar-refractivity contribution is 7.86. The Kier molecular flexibility index (Phi) is 3.46. The molecule has 0 aliphatic carbocycles. The zero-order valence-electron chi connectivity index (χ0n) is 10.1. The molecule has 0 unspecified atom stereocenters. The molecule has 6 heteroatoms. The highest BCUT2D eigenvalue weighted by atomic mass is 32.2. The van der Waals surface area contributed by atoms with Crippen LogP contribution in [0.4, 0.5) is 0 Å². The van der Waals surface area contributed by atoms with Crippen LogP contribution in [0, 0.1) is 0 Å². The summed E-state index contributed by atoms with van der Waals surface area (Å²) in [6.45, 7) is 1.44. The summed E-state index contributed by atoms with van der Waals surface area (Å²) in [5.74, 6) is -0.0809. The maximum Gasteiger partial charge on any atom is 0.296 e. The average molecular weight is 277 g/mol. The lowest BCUT2D eigenvalue weighted by Crippen LogP contribution is -2.02. The van der Waals surface area contributed by atoms with E-state index in [0.717, 1.165) is 0 Å². The van der Waals surface area contributed by atoms with Gasteiger partial charge in [-0.05, 0) is 19.1 Å². The van der Waals surface area contributed by atoms with Gasteiger partial charge in [-0.1, -0.05) is 24.3 Å². The number of carbonyl (C=O) groups is 1. The van der Waals surface area contributed by atoms with Crippen LogP contribution < -0.4 is 0 Å². The van der Waals surface area contributed by atoms with Gasteiger partial charge in [0.15, 0.2) is 5.78 Å². The van der Waals surface area contributed by atoms with E-state index in [1.54, 1.807) is 24.3 Å². The van der Waals surface area contributed by atoms with Gasteiger partial charge in [0, 0.05) is 17.3 Å². The third-order valence-corrected chi connectivity index (χ3v) is 3.50. The van der Waals surface area contributed by atoms with Crippen LogP contribution in [0.1, 0.15) is 17.3 Å². The molecule has 1 heterocycles. The number of pyridine rings is 1. The molecule has 2 aromatic rings. The van der Waals surface area contributed by atoms with Crippen LogP contribution in [0.3, 0.4) is 0 Å². The predicted octanol–water partition coefficient (Wildman–Crippen LogP) is 2.20. The summed E-state index contributed by atoms with van der Waals surface area (Å²) in [5.41, 5.74) is 1.19. The molecule has 1 aromatic heterocycles. The van der Waals surface area contributed by atoms with Crippen molar-refractivity contribution in [3.8, 4) is 11.3 Å². The van der Waals surface area contributed by atoms with E-state index in [-0.39, 0.29) is 16.4 Å². The van der Waals surface area contributed by atoms with Crippen LogP contribution in [0.15, 0.2) is 47.5 Å². The lowest BCUT2D eigenvalue weighted by molar-refractivity contribution is 0.101. The van der Waals surface area contributed by atoms with Crippen molar-refractivity contribution in [2.45, 2.75) is 11.8 Å². The second kappa shape index (κ2) is 4.91. The van der Waals surface area contributed by atoms with Gasteiger partial charge in [-0.3, -0.25) is 14.3 Å². The summed E-state index contributed by atoms with van der Waals surface area (Å²) in [6.07, 6.45) is 1.43. The smallest absolute Gasteiger partial charge is 0.295 e. The molecule has 0 spiro atoms. The first-order valence-electron chi connectivity index (χ1n) is 5.43. The Morgan fingerprint density at radius 3 is 2.32 bits per heavy atom. The highest BCUT2D eigenvalue weighted by Gasteiger charge is 2.17. The van der Waals surface area contributed by atoms with Crippen molar-refractivity contribution >= 4 is 15.9 Å². The fourth-order valence-corrected chi connectivity index (χ4v) is 2.34. The van der Waals surface area contributed by atoms with E-state index in [4.69, 9.17) is 4.55 Å². The fraction of sp³-hybridized carbons (Fsp3) is 0.0769.